The van der Waals surface area contributed by atoms with Crippen molar-refractivity contribution in [3.8, 4) is 11.1 Å². The van der Waals surface area contributed by atoms with Gasteiger partial charge >= 0.3 is 0 Å². The quantitative estimate of drug-likeness (QED) is 0.848. The summed E-state index contributed by atoms with van der Waals surface area (Å²) in [6.07, 6.45) is 1.64. The Bertz CT molecular complexity index is 816. The minimum Gasteiger partial charge on any atom is -0.343 e. The van der Waals surface area contributed by atoms with Gasteiger partial charge in [-0.25, -0.2) is 8.51 Å². The summed E-state index contributed by atoms with van der Waals surface area (Å²) in [5.41, 5.74) is 2.65. The van der Waals surface area contributed by atoms with Crippen molar-refractivity contribution < 1.29 is 13.8 Å². The molecule has 0 radical (unpaired) electrons. The Balaban J connectivity index is 1.50. The van der Waals surface area contributed by atoms with Crippen molar-refractivity contribution in [2.75, 3.05) is 39.0 Å². The lowest BCUT2D eigenvalue weighted by Crippen LogP contribution is -2.51. The Morgan fingerprint density at radius 2 is 1.52 bits per heavy atom. The highest BCUT2D eigenvalue weighted by Crippen LogP contribution is 2.19. The third-order valence-electron chi connectivity index (χ3n) is 4.61. The fraction of sp³-hybridized carbons (Fsp3) is 0.300. The van der Waals surface area contributed by atoms with E-state index in [0.717, 1.165) is 11.1 Å². The molecule has 142 valence electrons. The summed E-state index contributed by atoms with van der Waals surface area (Å²) in [4.78, 5) is 26.3. The van der Waals surface area contributed by atoms with E-state index in [-0.39, 0.29) is 18.4 Å². The second-order valence-electron chi connectivity index (χ2n) is 6.36. The molecule has 0 spiro atoms. The Morgan fingerprint density at radius 1 is 0.926 bits per heavy atom. The van der Waals surface area contributed by atoms with E-state index in [1.165, 1.54) is 0 Å². The summed E-state index contributed by atoms with van der Waals surface area (Å²) < 4.78 is 13.3. The number of amides is 2. The molecule has 27 heavy (non-hydrogen) atoms. The van der Waals surface area contributed by atoms with Gasteiger partial charge in [0, 0.05) is 38.0 Å². The number of rotatable bonds is 5. The first-order valence-corrected chi connectivity index (χ1v) is 10.4. The zero-order chi connectivity index (χ0) is 19.2. The van der Waals surface area contributed by atoms with Gasteiger partial charge in [-0.2, -0.15) is 0 Å². The molecule has 1 unspecified atom stereocenters. The van der Waals surface area contributed by atoms with E-state index < -0.39 is 11.0 Å². The van der Waals surface area contributed by atoms with Gasteiger partial charge in [-0.15, -0.1) is 0 Å². The van der Waals surface area contributed by atoms with E-state index in [4.69, 9.17) is 0 Å². The molecule has 1 aliphatic rings. The number of hydrogen-bond donors (Lipinski definition) is 1. The maximum Gasteiger partial charge on any atom is 0.251 e. The zero-order valence-corrected chi connectivity index (χ0v) is 16.1. The molecular weight excluding hydrogens is 362 g/mol. The lowest BCUT2D eigenvalue weighted by Gasteiger charge is -2.33. The van der Waals surface area contributed by atoms with Gasteiger partial charge < -0.3 is 10.2 Å². The summed E-state index contributed by atoms with van der Waals surface area (Å²) in [5, 5.41) is 2.69. The molecule has 0 aromatic heterocycles. The lowest BCUT2D eigenvalue weighted by atomic mass is 10.0. The summed E-state index contributed by atoms with van der Waals surface area (Å²) >= 11 is 0. The molecule has 7 heteroatoms. The highest BCUT2D eigenvalue weighted by Gasteiger charge is 2.22. The second kappa shape index (κ2) is 8.92. The van der Waals surface area contributed by atoms with Crippen LogP contribution in [-0.4, -0.2) is 64.2 Å². The topological polar surface area (TPSA) is 69.7 Å². The van der Waals surface area contributed by atoms with E-state index >= 15 is 0 Å². The molecule has 3 rings (SSSR count). The van der Waals surface area contributed by atoms with E-state index in [1.54, 1.807) is 23.3 Å². The van der Waals surface area contributed by atoms with Gasteiger partial charge in [0.25, 0.3) is 5.91 Å². The molecule has 1 fully saturated rings. The van der Waals surface area contributed by atoms with Gasteiger partial charge in [-0.3, -0.25) is 9.59 Å². The van der Waals surface area contributed by atoms with Crippen molar-refractivity contribution in [3.05, 3.63) is 60.2 Å². The Morgan fingerprint density at radius 3 is 2.11 bits per heavy atom. The van der Waals surface area contributed by atoms with Crippen LogP contribution in [0.3, 0.4) is 0 Å². The molecule has 1 N–H and O–H groups in total. The van der Waals surface area contributed by atoms with Crippen molar-refractivity contribution in [2.24, 2.45) is 0 Å². The summed E-state index contributed by atoms with van der Waals surface area (Å²) in [5.74, 6) is -0.387. The van der Waals surface area contributed by atoms with E-state index in [2.05, 4.69) is 5.32 Å². The largest absolute Gasteiger partial charge is 0.343 e. The van der Waals surface area contributed by atoms with Gasteiger partial charge in [-0.05, 0) is 23.3 Å². The van der Waals surface area contributed by atoms with Crippen LogP contribution in [0, 0.1) is 0 Å². The number of carbonyl (C=O) groups is 2. The summed E-state index contributed by atoms with van der Waals surface area (Å²) in [6, 6.07) is 17.3. The number of nitrogens with zero attached hydrogens (tertiary/aromatic N) is 2. The van der Waals surface area contributed by atoms with Crippen LogP contribution in [0.2, 0.25) is 0 Å². The predicted octanol–water partition coefficient (Wildman–Crippen LogP) is 1.52. The average molecular weight is 385 g/mol. The monoisotopic (exact) mass is 385 g/mol. The molecule has 2 aromatic rings. The molecule has 0 bridgehead atoms. The van der Waals surface area contributed by atoms with Gasteiger partial charge in [-0.1, -0.05) is 42.5 Å². The van der Waals surface area contributed by atoms with Crippen LogP contribution in [0.15, 0.2) is 54.6 Å². The van der Waals surface area contributed by atoms with Crippen LogP contribution >= 0.6 is 0 Å². The van der Waals surface area contributed by atoms with Crippen molar-refractivity contribution in [3.63, 3.8) is 0 Å². The third-order valence-corrected chi connectivity index (χ3v) is 5.70. The predicted molar refractivity (Wildman–Crippen MR) is 106 cm³/mol. The second-order valence-corrected chi connectivity index (χ2v) is 7.72. The first-order chi connectivity index (χ1) is 13.0. The van der Waals surface area contributed by atoms with Crippen LogP contribution in [-0.2, 0) is 15.8 Å². The molecule has 1 atom stereocenters. The number of nitrogens with one attached hydrogen (secondary N) is 1. The fourth-order valence-corrected chi connectivity index (χ4v) is 3.69. The number of hydrogen-bond acceptors (Lipinski definition) is 3. The average Bonchev–Trinajstić information content (AvgIpc) is 2.72. The third kappa shape index (κ3) is 5.02. The standard InChI is InChI=1S/C20H23N3O3S/c1-27(26)23-13-11-22(12-14-23)19(24)15-21-20(25)18-9-7-17(8-10-18)16-5-3-2-4-6-16/h2-10H,11-15H2,1H3,(H,21,25). The molecule has 2 aromatic carbocycles. The van der Waals surface area contributed by atoms with Gasteiger partial charge in [0.1, 0.15) is 0 Å². The SMILES string of the molecule is CS(=O)N1CCN(C(=O)CNC(=O)c2ccc(-c3ccccc3)cc2)CC1. The smallest absolute Gasteiger partial charge is 0.251 e. The van der Waals surface area contributed by atoms with E-state index in [9.17, 15) is 13.8 Å². The molecule has 1 aliphatic heterocycles. The number of carbonyl (C=O) groups excluding carboxylic acids is 2. The zero-order valence-electron chi connectivity index (χ0n) is 15.3. The summed E-state index contributed by atoms with van der Waals surface area (Å²) in [7, 11) is -1.01. The molecule has 2 amide bonds. The van der Waals surface area contributed by atoms with Crippen molar-refractivity contribution >= 4 is 22.8 Å². The molecular formula is C20H23N3O3S. The first-order valence-electron chi connectivity index (χ1n) is 8.84. The molecule has 0 aliphatic carbocycles. The van der Waals surface area contributed by atoms with E-state index in [1.807, 2.05) is 46.8 Å². The fourth-order valence-electron chi connectivity index (χ4n) is 3.01. The van der Waals surface area contributed by atoms with Gasteiger partial charge in [0.2, 0.25) is 5.91 Å². The molecule has 6 nitrogen and oxygen atoms in total. The number of benzene rings is 2. The Labute approximate surface area is 161 Å². The molecule has 1 saturated heterocycles. The van der Waals surface area contributed by atoms with Crippen LogP contribution in [0.5, 0.6) is 0 Å². The van der Waals surface area contributed by atoms with Crippen LogP contribution < -0.4 is 5.32 Å². The minimum atomic E-state index is -1.01. The van der Waals surface area contributed by atoms with Crippen molar-refractivity contribution in [1.82, 2.24) is 14.5 Å². The minimum absolute atomic E-state index is 0.0332. The summed E-state index contributed by atoms with van der Waals surface area (Å²) in [6.45, 7) is 2.20. The first kappa shape index (κ1) is 19.3. The van der Waals surface area contributed by atoms with Gasteiger partial charge in [0.05, 0.1) is 17.5 Å². The number of piperazine rings is 1. The van der Waals surface area contributed by atoms with Crippen molar-refractivity contribution in [2.45, 2.75) is 0 Å². The Kier molecular flexibility index (Phi) is 6.36. The molecule has 1 heterocycles. The van der Waals surface area contributed by atoms with E-state index in [0.29, 0.717) is 31.7 Å². The van der Waals surface area contributed by atoms with Crippen LogP contribution in [0.1, 0.15) is 10.4 Å². The maximum absolute atomic E-state index is 12.3. The Hall–Kier alpha value is -2.51. The molecule has 0 saturated carbocycles. The van der Waals surface area contributed by atoms with Crippen LogP contribution in [0.4, 0.5) is 0 Å². The van der Waals surface area contributed by atoms with Crippen LogP contribution in [0.25, 0.3) is 11.1 Å². The maximum atomic E-state index is 12.3. The lowest BCUT2D eigenvalue weighted by molar-refractivity contribution is -0.131. The highest BCUT2D eigenvalue weighted by atomic mass is 32.2. The van der Waals surface area contributed by atoms with Crippen molar-refractivity contribution in [1.29, 1.82) is 0 Å². The highest BCUT2D eigenvalue weighted by molar-refractivity contribution is 7.81. The normalized spacial score (nSPS) is 16.0. The van der Waals surface area contributed by atoms with Gasteiger partial charge in [0.15, 0.2) is 0 Å².